The molecule has 1 unspecified atom stereocenters. The molecule has 0 N–H and O–H groups in total. The number of rotatable bonds is 4. The summed E-state index contributed by atoms with van der Waals surface area (Å²) in [5, 5.41) is -0.116. The summed E-state index contributed by atoms with van der Waals surface area (Å²) >= 11 is 6.29. The minimum absolute atomic E-state index is 0.116. The van der Waals surface area contributed by atoms with Gasteiger partial charge in [0.15, 0.2) is 0 Å². The van der Waals surface area contributed by atoms with Crippen LogP contribution in [-0.2, 0) is 13.0 Å². The third-order valence-corrected chi connectivity index (χ3v) is 4.00. The predicted octanol–water partition coefficient (Wildman–Crippen LogP) is 4.28. The third kappa shape index (κ3) is 2.79. The van der Waals surface area contributed by atoms with Crippen LogP contribution in [-0.4, -0.2) is 14.5 Å². The topological polar surface area (TPSA) is 30.7 Å². The lowest BCUT2D eigenvalue weighted by atomic mass is 10.1. The van der Waals surface area contributed by atoms with Gasteiger partial charge in [-0.25, -0.2) is 4.98 Å². The van der Waals surface area contributed by atoms with Gasteiger partial charge in [0.05, 0.1) is 17.1 Å². The van der Waals surface area contributed by atoms with Gasteiger partial charge < -0.3 is 4.57 Å². The minimum atomic E-state index is -0.116. The van der Waals surface area contributed by atoms with Crippen molar-refractivity contribution < 1.29 is 0 Å². The Hall–Kier alpha value is -1.87. The van der Waals surface area contributed by atoms with E-state index in [2.05, 4.69) is 45.7 Å². The van der Waals surface area contributed by atoms with Crippen LogP contribution in [0.5, 0.6) is 0 Å². The Balaban J connectivity index is 1.96. The molecule has 2 heterocycles. The number of aryl methyl sites for hydroxylation is 3. The third-order valence-electron chi connectivity index (χ3n) is 3.80. The van der Waals surface area contributed by atoms with Crippen LogP contribution < -0.4 is 0 Å². The van der Waals surface area contributed by atoms with Gasteiger partial charge in [0, 0.05) is 12.7 Å². The van der Waals surface area contributed by atoms with E-state index in [1.807, 2.05) is 13.0 Å². The van der Waals surface area contributed by atoms with Crippen LogP contribution in [0.25, 0.3) is 11.0 Å². The molecule has 0 amide bonds. The molecule has 3 nitrogen and oxygen atoms in total. The largest absolute Gasteiger partial charge is 0.326 e. The molecule has 0 saturated carbocycles. The molecule has 0 radical (unpaired) electrons. The van der Waals surface area contributed by atoms with Gasteiger partial charge in [0.1, 0.15) is 11.3 Å². The van der Waals surface area contributed by atoms with Crippen molar-refractivity contribution in [3.05, 3.63) is 59.7 Å². The van der Waals surface area contributed by atoms with Gasteiger partial charge in [-0.1, -0.05) is 24.3 Å². The molecule has 0 aliphatic rings. The average molecular weight is 300 g/mol. The van der Waals surface area contributed by atoms with Crippen molar-refractivity contribution in [2.45, 2.75) is 32.2 Å². The van der Waals surface area contributed by atoms with Crippen molar-refractivity contribution in [1.29, 1.82) is 0 Å². The van der Waals surface area contributed by atoms with Crippen LogP contribution in [0.4, 0.5) is 0 Å². The fraction of sp³-hybridized carbons (Fsp3) is 0.294. The van der Waals surface area contributed by atoms with E-state index in [9.17, 15) is 0 Å². The second-order valence-corrected chi connectivity index (χ2v) is 5.93. The molecule has 2 aromatic heterocycles. The quantitative estimate of drug-likeness (QED) is 0.673. The van der Waals surface area contributed by atoms with Gasteiger partial charge in [-0.3, -0.25) is 4.98 Å². The highest BCUT2D eigenvalue weighted by molar-refractivity contribution is 6.20. The zero-order valence-electron chi connectivity index (χ0n) is 12.3. The molecule has 0 spiro atoms. The minimum Gasteiger partial charge on any atom is -0.326 e. The Morgan fingerprint density at radius 3 is 2.81 bits per heavy atom. The Morgan fingerprint density at radius 2 is 2.05 bits per heavy atom. The van der Waals surface area contributed by atoms with E-state index < -0.39 is 0 Å². The van der Waals surface area contributed by atoms with Crippen LogP contribution in [0, 0.1) is 6.92 Å². The number of benzene rings is 1. The lowest BCUT2D eigenvalue weighted by Crippen LogP contribution is -2.07. The fourth-order valence-electron chi connectivity index (χ4n) is 2.66. The summed E-state index contributed by atoms with van der Waals surface area (Å²) in [6.07, 6.45) is 4.57. The van der Waals surface area contributed by atoms with E-state index in [-0.39, 0.29) is 5.38 Å². The Labute approximate surface area is 129 Å². The van der Waals surface area contributed by atoms with Gasteiger partial charge in [-0.2, -0.15) is 0 Å². The van der Waals surface area contributed by atoms with Crippen LogP contribution in [0.2, 0.25) is 0 Å². The van der Waals surface area contributed by atoms with E-state index in [0.29, 0.717) is 0 Å². The van der Waals surface area contributed by atoms with Crippen molar-refractivity contribution in [2.75, 3.05) is 0 Å². The highest BCUT2D eigenvalue weighted by Crippen LogP contribution is 2.24. The van der Waals surface area contributed by atoms with Crippen molar-refractivity contribution in [3.63, 3.8) is 0 Å². The Bertz CT molecular complexity index is 762. The van der Waals surface area contributed by atoms with Crippen LogP contribution >= 0.6 is 11.6 Å². The summed E-state index contributed by atoms with van der Waals surface area (Å²) in [4.78, 5) is 8.76. The summed E-state index contributed by atoms with van der Waals surface area (Å²) in [6.45, 7) is 4.98. The van der Waals surface area contributed by atoms with E-state index in [1.54, 1.807) is 12.4 Å². The highest BCUT2D eigenvalue weighted by Gasteiger charge is 2.14. The van der Waals surface area contributed by atoms with Crippen molar-refractivity contribution in [1.82, 2.24) is 14.5 Å². The van der Waals surface area contributed by atoms with Crippen molar-refractivity contribution in [2.24, 2.45) is 0 Å². The molecule has 0 aliphatic carbocycles. The number of nitrogens with zero attached hydrogens (tertiary/aromatic N) is 3. The van der Waals surface area contributed by atoms with E-state index in [0.717, 1.165) is 29.8 Å². The molecule has 0 aliphatic heterocycles. The molecule has 21 heavy (non-hydrogen) atoms. The van der Waals surface area contributed by atoms with Crippen LogP contribution in [0.3, 0.4) is 0 Å². The van der Waals surface area contributed by atoms with Gasteiger partial charge in [0.25, 0.3) is 0 Å². The standard InChI is InChI=1S/C17H18ClN3/c1-12-5-3-4-6-14(12)8-10-21-16-7-9-19-11-15(16)20-17(21)13(2)18/h3-7,9,11,13H,8,10H2,1-2H3. The molecule has 0 saturated heterocycles. The average Bonchev–Trinajstić information content (AvgIpc) is 2.85. The predicted molar refractivity (Wildman–Crippen MR) is 86.7 cm³/mol. The molecule has 1 aromatic carbocycles. The maximum atomic E-state index is 6.29. The van der Waals surface area contributed by atoms with Gasteiger partial charge in [-0.05, 0) is 37.5 Å². The van der Waals surface area contributed by atoms with E-state index >= 15 is 0 Å². The maximum Gasteiger partial charge on any atom is 0.127 e. The first-order valence-electron chi connectivity index (χ1n) is 7.15. The molecular weight excluding hydrogens is 282 g/mol. The summed E-state index contributed by atoms with van der Waals surface area (Å²) in [5.41, 5.74) is 4.69. The Kier molecular flexibility index (Phi) is 3.93. The monoisotopic (exact) mass is 299 g/mol. The number of hydrogen-bond donors (Lipinski definition) is 0. The second-order valence-electron chi connectivity index (χ2n) is 5.28. The molecule has 3 rings (SSSR count). The first-order chi connectivity index (χ1) is 10.2. The molecule has 0 fully saturated rings. The smallest absolute Gasteiger partial charge is 0.127 e. The molecule has 0 bridgehead atoms. The summed E-state index contributed by atoms with van der Waals surface area (Å²) in [7, 11) is 0. The van der Waals surface area contributed by atoms with Crippen LogP contribution in [0.15, 0.2) is 42.7 Å². The first-order valence-corrected chi connectivity index (χ1v) is 7.59. The number of alkyl halides is 1. The number of pyridine rings is 1. The number of aromatic nitrogens is 3. The zero-order chi connectivity index (χ0) is 14.8. The van der Waals surface area contributed by atoms with Crippen molar-refractivity contribution >= 4 is 22.6 Å². The lowest BCUT2D eigenvalue weighted by molar-refractivity contribution is 0.666. The molecule has 1 atom stereocenters. The fourth-order valence-corrected chi connectivity index (χ4v) is 2.83. The summed E-state index contributed by atoms with van der Waals surface area (Å²) < 4.78 is 2.21. The van der Waals surface area contributed by atoms with Gasteiger partial charge in [0.2, 0.25) is 0 Å². The number of hydrogen-bond acceptors (Lipinski definition) is 2. The van der Waals surface area contributed by atoms with E-state index in [1.165, 1.54) is 11.1 Å². The second kappa shape index (κ2) is 5.86. The van der Waals surface area contributed by atoms with Gasteiger partial charge >= 0.3 is 0 Å². The summed E-state index contributed by atoms with van der Waals surface area (Å²) in [5.74, 6) is 0.910. The molecule has 108 valence electrons. The number of halogens is 1. The highest BCUT2D eigenvalue weighted by atomic mass is 35.5. The Morgan fingerprint density at radius 1 is 1.24 bits per heavy atom. The zero-order valence-corrected chi connectivity index (χ0v) is 13.0. The molecule has 4 heteroatoms. The lowest BCUT2D eigenvalue weighted by Gasteiger charge is -2.11. The van der Waals surface area contributed by atoms with Crippen molar-refractivity contribution in [3.8, 4) is 0 Å². The maximum absolute atomic E-state index is 6.29. The van der Waals surface area contributed by atoms with Crippen LogP contribution in [0.1, 0.15) is 29.3 Å². The molecule has 3 aromatic rings. The normalized spacial score (nSPS) is 12.7. The summed E-state index contributed by atoms with van der Waals surface area (Å²) in [6, 6.07) is 10.5. The number of fused-ring (bicyclic) bond motifs is 1. The number of imidazole rings is 1. The first kappa shape index (κ1) is 14.1. The van der Waals surface area contributed by atoms with Gasteiger partial charge in [-0.15, -0.1) is 11.6 Å². The molecular formula is C17H18ClN3. The van der Waals surface area contributed by atoms with E-state index in [4.69, 9.17) is 11.6 Å². The SMILES string of the molecule is Cc1ccccc1CCn1c(C(C)Cl)nc2cnccc21.